The van der Waals surface area contributed by atoms with E-state index < -0.39 is 0 Å². The van der Waals surface area contributed by atoms with E-state index in [-0.39, 0.29) is 6.61 Å². The van der Waals surface area contributed by atoms with Crippen LogP contribution in [-0.4, -0.2) is 67.9 Å². The molecule has 1 fully saturated rings. The summed E-state index contributed by atoms with van der Waals surface area (Å²) >= 11 is 0. The first kappa shape index (κ1) is 15.8. The Labute approximate surface area is 127 Å². The number of aliphatic hydroxyl groups is 1. The first-order chi connectivity index (χ1) is 10.3. The summed E-state index contributed by atoms with van der Waals surface area (Å²) in [5.74, 6) is 6.81. The fourth-order valence-electron chi connectivity index (χ4n) is 2.25. The average molecular weight is 288 g/mol. The Hall–Kier alpha value is -1.54. The van der Waals surface area contributed by atoms with Gasteiger partial charge in [-0.2, -0.15) is 0 Å². The molecule has 1 heterocycles. The van der Waals surface area contributed by atoms with Crippen molar-refractivity contribution in [3.8, 4) is 17.6 Å². The number of nitrogens with zero attached hydrogens (tertiary/aromatic N) is 2. The standard InChI is InChI=1S/C17H24N2O2/c1-18-8-10-19(11-9-18)12-14-21-17-7-4-6-16(15-17)5-2-3-13-20/h4,6-7,15,20H,3,8-14H2,1H3. The SMILES string of the molecule is CN1CCN(CCOc2cccc(C#CCCO)c2)CC1. The second-order valence-electron chi connectivity index (χ2n) is 5.30. The lowest BCUT2D eigenvalue weighted by molar-refractivity contribution is 0.134. The third kappa shape index (κ3) is 5.76. The molecule has 0 atom stereocenters. The smallest absolute Gasteiger partial charge is 0.120 e. The molecule has 1 saturated heterocycles. The molecule has 0 radical (unpaired) electrons. The number of hydrogen-bond donors (Lipinski definition) is 1. The van der Waals surface area contributed by atoms with E-state index in [9.17, 15) is 0 Å². The lowest BCUT2D eigenvalue weighted by Gasteiger charge is -2.32. The van der Waals surface area contributed by atoms with Gasteiger partial charge in [0.25, 0.3) is 0 Å². The number of ether oxygens (including phenoxy) is 1. The van der Waals surface area contributed by atoms with Gasteiger partial charge in [0.1, 0.15) is 12.4 Å². The molecule has 114 valence electrons. The topological polar surface area (TPSA) is 35.9 Å². The van der Waals surface area contributed by atoms with Crippen LogP contribution in [0.2, 0.25) is 0 Å². The number of piperazine rings is 1. The Kier molecular flexibility index (Phi) is 6.55. The Balaban J connectivity index is 1.75. The number of aliphatic hydroxyl groups excluding tert-OH is 1. The van der Waals surface area contributed by atoms with E-state index in [2.05, 4.69) is 28.7 Å². The summed E-state index contributed by atoms with van der Waals surface area (Å²) in [5.41, 5.74) is 0.931. The number of benzene rings is 1. The lowest BCUT2D eigenvalue weighted by Crippen LogP contribution is -2.45. The van der Waals surface area contributed by atoms with Gasteiger partial charge in [-0.15, -0.1) is 0 Å². The molecule has 1 aliphatic heterocycles. The van der Waals surface area contributed by atoms with Crippen LogP contribution in [0.1, 0.15) is 12.0 Å². The third-order valence-electron chi connectivity index (χ3n) is 3.58. The van der Waals surface area contributed by atoms with Gasteiger partial charge in [-0.1, -0.05) is 17.9 Å². The minimum absolute atomic E-state index is 0.105. The molecule has 0 saturated carbocycles. The molecule has 0 unspecified atom stereocenters. The van der Waals surface area contributed by atoms with Crippen LogP contribution in [0.25, 0.3) is 0 Å². The second kappa shape index (κ2) is 8.68. The fraction of sp³-hybridized carbons (Fsp3) is 0.529. The van der Waals surface area contributed by atoms with Gasteiger partial charge in [0.15, 0.2) is 0 Å². The van der Waals surface area contributed by atoms with Crippen molar-refractivity contribution in [3.63, 3.8) is 0 Å². The Morgan fingerprint density at radius 1 is 1.24 bits per heavy atom. The molecule has 2 rings (SSSR count). The van der Waals surface area contributed by atoms with Crippen LogP contribution in [-0.2, 0) is 0 Å². The predicted molar refractivity (Wildman–Crippen MR) is 84.5 cm³/mol. The summed E-state index contributed by atoms with van der Waals surface area (Å²) in [6.45, 7) is 6.28. The van der Waals surface area contributed by atoms with E-state index in [1.165, 1.54) is 0 Å². The molecular formula is C17H24N2O2. The number of rotatable bonds is 5. The van der Waals surface area contributed by atoms with Crippen LogP contribution in [0.5, 0.6) is 5.75 Å². The number of hydrogen-bond acceptors (Lipinski definition) is 4. The van der Waals surface area contributed by atoms with Crippen molar-refractivity contribution in [1.82, 2.24) is 9.80 Å². The van der Waals surface area contributed by atoms with Crippen LogP contribution in [0.3, 0.4) is 0 Å². The van der Waals surface area contributed by atoms with Crippen molar-refractivity contribution in [2.75, 3.05) is 53.0 Å². The highest BCUT2D eigenvalue weighted by atomic mass is 16.5. The van der Waals surface area contributed by atoms with Crippen LogP contribution in [0, 0.1) is 11.8 Å². The number of likely N-dealkylation sites (N-methyl/N-ethyl adjacent to an activating group) is 1. The van der Waals surface area contributed by atoms with Crippen LogP contribution in [0.4, 0.5) is 0 Å². The maximum atomic E-state index is 8.72. The van der Waals surface area contributed by atoms with Gasteiger partial charge in [-0.25, -0.2) is 0 Å². The van der Waals surface area contributed by atoms with E-state index in [0.717, 1.165) is 44.0 Å². The molecule has 1 N–H and O–H groups in total. The highest BCUT2D eigenvalue weighted by Gasteiger charge is 2.13. The minimum atomic E-state index is 0.105. The molecule has 21 heavy (non-hydrogen) atoms. The molecule has 0 bridgehead atoms. The molecule has 0 aliphatic carbocycles. The first-order valence-electron chi connectivity index (χ1n) is 7.51. The summed E-state index contributed by atoms with van der Waals surface area (Å²) in [6.07, 6.45) is 0.508. The van der Waals surface area contributed by atoms with Gasteiger partial charge in [-0.05, 0) is 25.2 Å². The summed E-state index contributed by atoms with van der Waals surface area (Å²) in [5, 5.41) is 8.72. The quantitative estimate of drug-likeness (QED) is 0.822. The van der Waals surface area contributed by atoms with Crippen molar-refractivity contribution >= 4 is 0 Å². The molecule has 0 aromatic heterocycles. The van der Waals surface area contributed by atoms with Gasteiger partial charge in [-0.3, -0.25) is 4.90 Å². The van der Waals surface area contributed by atoms with Gasteiger partial charge in [0.2, 0.25) is 0 Å². The van der Waals surface area contributed by atoms with Gasteiger partial charge in [0.05, 0.1) is 6.61 Å². The third-order valence-corrected chi connectivity index (χ3v) is 3.58. The summed E-state index contributed by atoms with van der Waals surface area (Å²) in [4.78, 5) is 4.79. The molecule has 0 amide bonds. The van der Waals surface area contributed by atoms with Crippen LogP contribution < -0.4 is 4.74 Å². The van der Waals surface area contributed by atoms with Crippen molar-refractivity contribution in [1.29, 1.82) is 0 Å². The normalized spacial score (nSPS) is 16.3. The van der Waals surface area contributed by atoms with E-state index in [1.54, 1.807) is 0 Å². The maximum Gasteiger partial charge on any atom is 0.120 e. The first-order valence-corrected chi connectivity index (χ1v) is 7.51. The van der Waals surface area contributed by atoms with E-state index >= 15 is 0 Å². The van der Waals surface area contributed by atoms with Crippen LogP contribution >= 0.6 is 0 Å². The average Bonchev–Trinajstić information content (AvgIpc) is 2.50. The Morgan fingerprint density at radius 3 is 2.81 bits per heavy atom. The largest absolute Gasteiger partial charge is 0.492 e. The molecule has 0 spiro atoms. The van der Waals surface area contributed by atoms with Crippen molar-refractivity contribution in [3.05, 3.63) is 29.8 Å². The lowest BCUT2D eigenvalue weighted by atomic mass is 10.2. The van der Waals surface area contributed by atoms with Gasteiger partial charge >= 0.3 is 0 Å². The molecule has 1 aromatic carbocycles. The van der Waals surface area contributed by atoms with E-state index in [1.807, 2.05) is 24.3 Å². The monoisotopic (exact) mass is 288 g/mol. The van der Waals surface area contributed by atoms with Crippen molar-refractivity contribution in [2.24, 2.45) is 0 Å². The zero-order valence-electron chi connectivity index (χ0n) is 12.7. The molecule has 1 aromatic rings. The molecule has 1 aliphatic rings. The highest BCUT2D eigenvalue weighted by Crippen LogP contribution is 2.12. The fourth-order valence-corrected chi connectivity index (χ4v) is 2.25. The minimum Gasteiger partial charge on any atom is -0.492 e. The van der Waals surface area contributed by atoms with Crippen LogP contribution in [0.15, 0.2) is 24.3 Å². The van der Waals surface area contributed by atoms with Gasteiger partial charge < -0.3 is 14.7 Å². The van der Waals surface area contributed by atoms with Crippen molar-refractivity contribution in [2.45, 2.75) is 6.42 Å². The van der Waals surface area contributed by atoms with E-state index in [4.69, 9.17) is 9.84 Å². The Morgan fingerprint density at radius 2 is 2.05 bits per heavy atom. The predicted octanol–water partition coefficient (Wildman–Crippen LogP) is 1.05. The zero-order chi connectivity index (χ0) is 14.9. The molecule has 4 nitrogen and oxygen atoms in total. The highest BCUT2D eigenvalue weighted by molar-refractivity contribution is 5.39. The Bertz CT molecular complexity index is 485. The molecule has 4 heteroatoms. The summed E-state index contributed by atoms with van der Waals surface area (Å²) < 4.78 is 5.81. The zero-order valence-corrected chi connectivity index (χ0v) is 12.7. The van der Waals surface area contributed by atoms with Crippen molar-refractivity contribution < 1.29 is 9.84 Å². The van der Waals surface area contributed by atoms with E-state index in [0.29, 0.717) is 13.0 Å². The summed E-state index contributed by atoms with van der Waals surface area (Å²) in [7, 11) is 2.16. The van der Waals surface area contributed by atoms with Gasteiger partial charge in [0, 0.05) is 44.7 Å². The second-order valence-corrected chi connectivity index (χ2v) is 5.30. The molecular weight excluding hydrogens is 264 g/mol. The summed E-state index contributed by atoms with van der Waals surface area (Å²) in [6, 6.07) is 7.82. The maximum absolute atomic E-state index is 8.72.